The summed E-state index contributed by atoms with van der Waals surface area (Å²) in [5.74, 6) is 0.0797. The maximum atomic E-state index is 12.7. The van der Waals surface area contributed by atoms with Gasteiger partial charge in [0, 0.05) is 17.2 Å². The minimum absolute atomic E-state index is 0.0797. The second-order valence-corrected chi connectivity index (χ2v) is 5.93. The molecule has 0 amide bonds. The Kier molecular flexibility index (Phi) is 4.05. The van der Waals surface area contributed by atoms with Crippen molar-refractivity contribution in [2.75, 3.05) is 0 Å². The molecule has 0 saturated carbocycles. The first-order valence-corrected chi connectivity index (χ1v) is 8.23. The Morgan fingerprint density at radius 1 is 0.840 bits per heavy atom. The van der Waals surface area contributed by atoms with Crippen molar-refractivity contribution >= 4 is 16.6 Å². The van der Waals surface area contributed by atoms with Crippen molar-refractivity contribution in [2.24, 2.45) is 0 Å². The Morgan fingerprint density at radius 3 is 2.40 bits per heavy atom. The van der Waals surface area contributed by atoms with Crippen LogP contribution in [0.25, 0.3) is 22.0 Å². The molecule has 120 valence electrons. The van der Waals surface area contributed by atoms with Gasteiger partial charge in [-0.2, -0.15) is 0 Å². The first kappa shape index (κ1) is 15.2. The van der Waals surface area contributed by atoms with Crippen LogP contribution in [0.1, 0.15) is 10.4 Å². The van der Waals surface area contributed by atoms with Crippen molar-refractivity contribution < 1.29 is 9.36 Å². The van der Waals surface area contributed by atoms with Crippen LogP contribution in [0.3, 0.4) is 0 Å². The molecule has 0 aliphatic rings. The van der Waals surface area contributed by atoms with Gasteiger partial charge in [0.15, 0.2) is 12.2 Å². The summed E-state index contributed by atoms with van der Waals surface area (Å²) in [7, 11) is 0. The summed E-state index contributed by atoms with van der Waals surface area (Å²) in [5, 5.41) is 2.07. The molecule has 4 rings (SSSR count). The molecular weight excluding hydrogens is 308 g/mol. The van der Waals surface area contributed by atoms with E-state index in [2.05, 4.69) is 4.98 Å². The van der Waals surface area contributed by atoms with E-state index in [0.717, 1.165) is 27.6 Å². The molecule has 0 aliphatic heterocycles. The Balaban J connectivity index is 1.58. The lowest BCUT2D eigenvalue weighted by Gasteiger charge is -2.05. The van der Waals surface area contributed by atoms with Gasteiger partial charge in [0.1, 0.15) is 0 Å². The highest BCUT2D eigenvalue weighted by Crippen LogP contribution is 2.19. The van der Waals surface area contributed by atoms with Crippen molar-refractivity contribution in [3.8, 4) is 11.3 Å². The highest BCUT2D eigenvalue weighted by atomic mass is 16.1. The van der Waals surface area contributed by atoms with E-state index in [-0.39, 0.29) is 12.3 Å². The van der Waals surface area contributed by atoms with E-state index in [9.17, 15) is 4.79 Å². The number of carbonyl (C=O) groups excluding carboxylic acids is 1. The van der Waals surface area contributed by atoms with E-state index >= 15 is 0 Å². The summed E-state index contributed by atoms with van der Waals surface area (Å²) in [4.78, 5) is 17.2. The van der Waals surface area contributed by atoms with Crippen molar-refractivity contribution in [1.82, 2.24) is 4.98 Å². The van der Waals surface area contributed by atoms with Gasteiger partial charge in [0.05, 0.1) is 6.20 Å². The number of nitrogens with zero attached hydrogens (tertiary/aromatic N) is 2. The van der Waals surface area contributed by atoms with Crippen molar-refractivity contribution in [3.05, 3.63) is 97.0 Å². The average molecular weight is 325 g/mol. The summed E-state index contributed by atoms with van der Waals surface area (Å²) in [6, 6.07) is 25.7. The predicted octanol–water partition coefficient (Wildman–Crippen LogP) is 4.07. The molecular formula is C22H17N2O+. The number of aromatic nitrogens is 2. The van der Waals surface area contributed by atoms with Gasteiger partial charge in [0.25, 0.3) is 6.33 Å². The Hall–Kier alpha value is -3.33. The minimum Gasteiger partial charge on any atom is -0.290 e. The molecule has 0 spiro atoms. The molecule has 0 fully saturated rings. The van der Waals surface area contributed by atoms with Crippen LogP contribution in [0.4, 0.5) is 0 Å². The molecule has 0 N–H and O–H groups in total. The molecule has 4 aromatic rings. The summed E-state index contributed by atoms with van der Waals surface area (Å²) in [6.07, 6.45) is 3.61. The number of rotatable bonds is 4. The quantitative estimate of drug-likeness (QED) is 0.419. The summed E-state index contributed by atoms with van der Waals surface area (Å²) in [5.41, 5.74) is 2.71. The van der Waals surface area contributed by atoms with Crippen LogP contribution in [-0.4, -0.2) is 10.8 Å². The van der Waals surface area contributed by atoms with E-state index in [1.54, 1.807) is 6.33 Å². The van der Waals surface area contributed by atoms with Gasteiger partial charge in [-0.25, -0.2) is 4.57 Å². The fourth-order valence-electron chi connectivity index (χ4n) is 2.98. The van der Waals surface area contributed by atoms with Crippen LogP contribution in [-0.2, 0) is 6.54 Å². The maximum Gasteiger partial charge on any atom is 0.287 e. The van der Waals surface area contributed by atoms with Gasteiger partial charge in [-0.15, -0.1) is 0 Å². The molecule has 0 atom stereocenters. The standard InChI is InChI=1S/C22H17N2O/c25-22(20-12-6-10-17-7-4-5-11-19(17)20)15-24-14-13-21(23-16-24)18-8-2-1-3-9-18/h1-14,16H,15H2/q+1. The van der Waals surface area contributed by atoms with Gasteiger partial charge < -0.3 is 0 Å². The van der Waals surface area contributed by atoms with Crippen molar-refractivity contribution in [1.29, 1.82) is 0 Å². The fourth-order valence-corrected chi connectivity index (χ4v) is 2.98. The number of ketones is 1. The minimum atomic E-state index is 0.0797. The molecule has 0 aliphatic carbocycles. The molecule has 0 saturated heterocycles. The van der Waals surface area contributed by atoms with E-state index in [0.29, 0.717) is 0 Å². The van der Waals surface area contributed by atoms with Crippen LogP contribution >= 0.6 is 0 Å². The maximum absolute atomic E-state index is 12.7. The highest BCUT2D eigenvalue weighted by molar-refractivity contribution is 6.07. The molecule has 3 nitrogen and oxygen atoms in total. The van der Waals surface area contributed by atoms with Crippen LogP contribution in [0.5, 0.6) is 0 Å². The van der Waals surface area contributed by atoms with Crippen LogP contribution in [0, 0.1) is 0 Å². The first-order valence-electron chi connectivity index (χ1n) is 8.23. The molecule has 0 bridgehead atoms. The molecule has 1 aromatic heterocycles. The largest absolute Gasteiger partial charge is 0.290 e. The highest BCUT2D eigenvalue weighted by Gasteiger charge is 2.14. The Bertz CT molecular complexity index is 1020. The SMILES string of the molecule is O=C(C[n+]1ccc(-c2ccccc2)nc1)c1cccc2ccccc12. The Morgan fingerprint density at radius 2 is 1.60 bits per heavy atom. The third kappa shape index (κ3) is 3.17. The number of Topliss-reactive ketones (excluding diaryl/α,β-unsaturated/α-hetero) is 1. The van der Waals surface area contributed by atoms with Crippen molar-refractivity contribution in [2.45, 2.75) is 6.54 Å². The number of hydrogen-bond acceptors (Lipinski definition) is 2. The second-order valence-electron chi connectivity index (χ2n) is 5.93. The topological polar surface area (TPSA) is 33.8 Å². The van der Waals surface area contributed by atoms with E-state index in [4.69, 9.17) is 0 Å². The molecule has 3 heteroatoms. The summed E-state index contributed by atoms with van der Waals surface area (Å²) >= 11 is 0. The van der Waals surface area contributed by atoms with E-state index < -0.39 is 0 Å². The number of hydrogen-bond donors (Lipinski definition) is 0. The number of carbonyl (C=O) groups is 1. The van der Waals surface area contributed by atoms with Gasteiger partial charge in [0.2, 0.25) is 5.78 Å². The third-order valence-electron chi connectivity index (χ3n) is 4.25. The fraction of sp³-hybridized carbons (Fsp3) is 0.0455. The molecule has 3 aromatic carbocycles. The zero-order valence-corrected chi connectivity index (χ0v) is 13.7. The predicted molar refractivity (Wildman–Crippen MR) is 98.1 cm³/mol. The molecule has 0 radical (unpaired) electrons. The van der Waals surface area contributed by atoms with E-state index in [1.165, 1.54) is 0 Å². The number of benzene rings is 3. The smallest absolute Gasteiger partial charge is 0.287 e. The zero-order chi connectivity index (χ0) is 17.1. The number of fused-ring (bicyclic) bond motifs is 1. The second kappa shape index (κ2) is 6.65. The van der Waals surface area contributed by atoms with Crippen LogP contribution in [0.2, 0.25) is 0 Å². The summed E-state index contributed by atoms with van der Waals surface area (Å²) < 4.78 is 1.82. The Labute approximate surface area is 146 Å². The van der Waals surface area contributed by atoms with Gasteiger partial charge in [-0.1, -0.05) is 72.8 Å². The van der Waals surface area contributed by atoms with Crippen LogP contribution in [0.15, 0.2) is 91.4 Å². The van der Waals surface area contributed by atoms with Crippen molar-refractivity contribution in [3.63, 3.8) is 0 Å². The van der Waals surface area contributed by atoms with Gasteiger partial charge in [-0.05, 0) is 15.8 Å². The molecule has 1 heterocycles. The monoisotopic (exact) mass is 325 g/mol. The lowest BCUT2D eigenvalue weighted by atomic mass is 10.0. The van der Waals surface area contributed by atoms with Gasteiger partial charge in [-0.3, -0.25) is 4.79 Å². The zero-order valence-electron chi connectivity index (χ0n) is 13.7. The normalized spacial score (nSPS) is 10.7. The van der Waals surface area contributed by atoms with Crippen LogP contribution < -0.4 is 4.57 Å². The summed E-state index contributed by atoms with van der Waals surface area (Å²) in [6.45, 7) is 0.274. The lowest BCUT2D eigenvalue weighted by Crippen LogP contribution is -2.37. The first-order chi connectivity index (χ1) is 12.3. The molecule has 25 heavy (non-hydrogen) atoms. The van der Waals surface area contributed by atoms with Gasteiger partial charge >= 0.3 is 0 Å². The van der Waals surface area contributed by atoms with E-state index in [1.807, 2.05) is 89.6 Å². The third-order valence-corrected chi connectivity index (χ3v) is 4.25. The lowest BCUT2D eigenvalue weighted by molar-refractivity contribution is -0.686. The average Bonchev–Trinajstić information content (AvgIpc) is 2.69. The molecule has 0 unspecified atom stereocenters.